The molecule has 2 rings (SSSR count). The minimum Gasteiger partial charge on any atom is -0.290 e. The molecule has 0 heterocycles. The van der Waals surface area contributed by atoms with Gasteiger partial charge in [0.05, 0.1) is 5.56 Å². The average molecular weight is 230 g/mol. The normalized spacial score (nSPS) is 14.1. The maximum absolute atomic E-state index is 11.5. The van der Waals surface area contributed by atoms with Crippen LogP contribution >= 0.6 is 0 Å². The van der Waals surface area contributed by atoms with Crippen LogP contribution in [0.4, 0.5) is 0 Å². The fraction of sp³-hybridized carbons (Fsp3) is 0.0769. The number of ketones is 1. The van der Waals surface area contributed by atoms with Crippen LogP contribution in [0.1, 0.15) is 16.8 Å². The number of Topliss-reactive ketones (excluding diaryl/α,β-unsaturated/α-hetero) is 1. The first kappa shape index (κ1) is 11.1. The Hall–Kier alpha value is -2.36. The van der Waals surface area contributed by atoms with Gasteiger partial charge in [0.1, 0.15) is 0 Å². The standard InChI is InChI=1S/C13H10O4/c14-11-8-4-5-9-12(11)16-17-13(15)10-6-2-1-3-7-10/h1-7,9H,8H2. The molecule has 0 N–H and O–H groups in total. The number of benzene rings is 1. The number of hydrogen-bond donors (Lipinski definition) is 0. The fourth-order valence-corrected chi connectivity index (χ4v) is 1.30. The van der Waals surface area contributed by atoms with Gasteiger partial charge in [-0.15, -0.1) is 0 Å². The minimum absolute atomic E-state index is 0.0387. The SMILES string of the molecule is O=C1CC=CC=C1OOC(=O)c1ccccc1. The second-order valence-electron chi connectivity index (χ2n) is 3.41. The first-order valence-corrected chi connectivity index (χ1v) is 5.11. The Morgan fingerprint density at radius 1 is 1.18 bits per heavy atom. The van der Waals surface area contributed by atoms with Gasteiger partial charge in [-0.3, -0.25) is 9.68 Å². The molecule has 4 nitrogen and oxygen atoms in total. The van der Waals surface area contributed by atoms with Gasteiger partial charge in [0, 0.05) is 6.42 Å². The van der Waals surface area contributed by atoms with E-state index in [1.54, 1.807) is 42.5 Å². The van der Waals surface area contributed by atoms with Crippen molar-refractivity contribution in [3.05, 3.63) is 59.9 Å². The van der Waals surface area contributed by atoms with Crippen molar-refractivity contribution in [2.75, 3.05) is 0 Å². The molecule has 1 aliphatic rings. The molecule has 0 saturated heterocycles. The quantitative estimate of drug-likeness (QED) is 0.590. The smallest absolute Gasteiger partial charge is 0.290 e. The van der Waals surface area contributed by atoms with Crippen molar-refractivity contribution >= 4 is 11.8 Å². The zero-order chi connectivity index (χ0) is 12.1. The molecule has 0 unspecified atom stereocenters. The Kier molecular flexibility index (Phi) is 3.35. The van der Waals surface area contributed by atoms with Gasteiger partial charge in [0.2, 0.25) is 11.5 Å². The van der Waals surface area contributed by atoms with E-state index in [-0.39, 0.29) is 18.0 Å². The van der Waals surface area contributed by atoms with Crippen LogP contribution in [0.5, 0.6) is 0 Å². The summed E-state index contributed by atoms with van der Waals surface area (Å²) in [5.41, 5.74) is 0.368. The van der Waals surface area contributed by atoms with E-state index in [2.05, 4.69) is 4.89 Å². The average Bonchev–Trinajstić information content (AvgIpc) is 2.38. The molecule has 0 aliphatic heterocycles. The van der Waals surface area contributed by atoms with E-state index in [4.69, 9.17) is 4.89 Å². The molecule has 0 fully saturated rings. The van der Waals surface area contributed by atoms with E-state index in [0.717, 1.165) is 0 Å². The molecule has 0 aromatic heterocycles. The Morgan fingerprint density at radius 3 is 2.65 bits per heavy atom. The lowest BCUT2D eigenvalue weighted by Gasteiger charge is -2.07. The van der Waals surface area contributed by atoms with Gasteiger partial charge in [-0.25, -0.2) is 9.68 Å². The van der Waals surface area contributed by atoms with Gasteiger partial charge in [0.15, 0.2) is 0 Å². The lowest BCUT2D eigenvalue weighted by molar-refractivity contribution is -0.207. The Bertz CT molecular complexity index is 485. The summed E-state index contributed by atoms with van der Waals surface area (Å²) in [6.45, 7) is 0. The fourth-order valence-electron chi connectivity index (χ4n) is 1.30. The summed E-state index contributed by atoms with van der Waals surface area (Å²) in [4.78, 5) is 32.1. The van der Waals surface area contributed by atoms with Gasteiger partial charge in [0.25, 0.3) is 0 Å². The molecule has 0 atom stereocenters. The van der Waals surface area contributed by atoms with Gasteiger partial charge in [-0.1, -0.05) is 30.4 Å². The first-order valence-electron chi connectivity index (χ1n) is 5.11. The van der Waals surface area contributed by atoms with Crippen LogP contribution in [0.3, 0.4) is 0 Å². The molecule has 0 spiro atoms. The molecule has 86 valence electrons. The van der Waals surface area contributed by atoms with Crippen molar-refractivity contribution < 1.29 is 19.4 Å². The Labute approximate surface area is 98.1 Å². The van der Waals surface area contributed by atoms with Crippen molar-refractivity contribution in [3.63, 3.8) is 0 Å². The summed E-state index contributed by atoms with van der Waals surface area (Å²) < 4.78 is 0. The molecule has 1 aliphatic carbocycles. The molecule has 4 heteroatoms. The number of carbonyl (C=O) groups is 2. The molecule has 1 aromatic rings. The Morgan fingerprint density at radius 2 is 1.94 bits per heavy atom. The van der Waals surface area contributed by atoms with E-state index in [1.165, 1.54) is 6.08 Å². The largest absolute Gasteiger partial charge is 0.386 e. The van der Waals surface area contributed by atoms with E-state index in [9.17, 15) is 9.59 Å². The van der Waals surface area contributed by atoms with Crippen LogP contribution in [0.15, 0.2) is 54.3 Å². The second-order valence-corrected chi connectivity index (χ2v) is 3.41. The van der Waals surface area contributed by atoms with Crippen molar-refractivity contribution in [3.8, 4) is 0 Å². The molecular formula is C13H10O4. The first-order chi connectivity index (χ1) is 8.27. The second kappa shape index (κ2) is 5.12. The molecular weight excluding hydrogens is 220 g/mol. The predicted molar refractivity (Wildman–Crippen MR) is 59.8 cm³/mol. The minimum atomic E-state index is -0.631. The van der Waals surface area contributed by atoms with Crippen LogP contribution in [-0.2, 0) is 14.6 Å². The lowest BCUT2D eigenvalue weighted by Crippen LogP contribution is -2.12. The molecule has 1 aromatic carbocycles. The van der Waals surface area contributed by atoms with E-state index >= 15 is 0 Å². The summed E-state index contributed by atoms with van der Waals surface area (Å²) in [6.07, 6.45) is 5.10. The van der Waals surface area contributed by atoms with Crippen molar-refractivity contribution in [1.82, 2.24) is 0 Å². The van der Waals surface area contributed by atoms with E-state index in [1.807, 2.05) is 0 Å². The highest BCUT2D eigenvalue weighted by Gasteiger charge is 2.16. The summed E-state index contributed by atoms with van der Waals surface area (Å²) in [5.74, 6) is -0.806. The molecule has 0 saturated carbocycles. The molecule has 0 amide bonds. The highest BCUT2D eigenvalue weighted by atomic mass is 17.2. The third kappa shape index (κ3) is 2.81. The number of allylic oxidation sites excluding steroid dienone is 4. The van der Waals surface area contributed by atoms with Gasteiger partial charge >= 0.3 is 5.97 Å². The summed E-state index contributed by atoms with van der Waals surface area (Å²) in [7, 11) is 0. The highest BCUT2D eigenvalue weighted by Crippen LogP contribution is 2.11. The van der Waals surface area contributed by atoms with Crippen LogP contribution in [0.2, 0.25) is 0 Å². The summed E-state index contributed by atoms with van der Waals surface area (Å²) >= 11 is 0. The third-order valence-electron chi connectivity index (χ3n) is 2.18. The van der Waals surface area contributed by atoms with Crippen molar-refractivity contribution in [2.24, 2.45) is 0 Å². The van der Waals surface area contributed by atoms with Crippen molar-refractivity contribution in [2.45, 2.75) is 6.42 Å². The van der Waals surface area contributed by atoms with Crippen molar-refractivity contribution in [1.29, 1.82) is 0 Å². The van der Waals surface area contributed by atoms with E-state index < -0.39 is 5.97 Å². The lowest BCUT2D eigenvalue weighted by atomic mass is 10.1. The molecule has 0 bridgehead atoms. The number of hydrogen-bond acceptors (Lipinski definition) is 4. The molecule has 17 heavy (non-hydrogen) atoms. The zero-order valence-electron chi connectivity index (χ0n) is 8.96. The van der Waals surface area contributed by atoms with Crippen LogP contribution in [0, 0.1) is 0 Å². The Balaban J connectivity index is 1.95. The number of rotatable bonds is 3. The highest BCUT2D eigenvalue weighted by molar-refractivity contribution is 5.96. The van der Waals surface area contributed by atoms with Gasteiger partial charge in [-0.05, 0) is 18.2 Å². The van der Waals surface area contributed by atoms with Gasteiger partial charge < -0.3 is 0 Å². The van der Waals surface area contributed by atoms with E-state index in [0.29, 0.717) is 5.56 Å². The number of carbonyl (C=O) groups excluding carboxylic acids is 2. The third-order valence-corrected chi connectivity index (χ3v) is 2.18. The van der Waals surface area contributed by atoms with Gasteiger partial charge in [-0.2, -0.15) is 0 Å². The monoisotopic (exact) mass is 230 g/mol. The summed E-state index contributed by atoms with van der Waals surface area (Å²) in [6, 6.07) is 8.41. The predicted octanol–water partition coefficient (Wildman–Crippen LogP) is 2.19. The maximum atomic E-state index is 11.5. The topological polar surface area (TPSA) is 52.6 Å². The van der Waals surface area contributed by atoms with Crippen LogP contribution < -0.4 is 0 Å². The van der Waals surface area contributed by atoms with Crippen LogP contribution in [0.25, 0.3) is 0 Å². The zero-order valence-corrected chi connectivity index (χ0v) is 8.96. The summed E-state index contributed by atoms with van der Waals surface area (Å²) in [5, 5.41) is 0. The molecule has 0 radical (unpaired) electrons. The maximum Gasteiger partial charge on any atom is 0.386 e. The van der Waals surface area contributed by atoms with Crippen LogP contribution in [-0.4, -0.2) is 11.8 Å².